The van der Waals surface area contributed by atoms with E-state index >= 15 is 0 Å². The SMILES string of the molecule is CC12CCC(=O)N1c1ccccc1C(=O)N2CCC(=O)N1CCC(Nc2ccccc2)C1. The summed E-state index contributed by atoms with van der Waals surface area (Å²) in [5.74, 6) is -0.0291. The normalized spacial score (nSPS) is 24.5. The maximum absolute atomic E-state index is 13.3. The fourth-order valence-corrected chi connectivity index (χ4v) is 5.28. The van der Waals surface area contributed by atoms with Crippen LogP contribution in [0.3, 0.4) is 0 Å². The largest absolute Gasteiger partial charge is 0.380 e. The Morgan fingerprint density at radius 1 is 1.09 bits per heavy atom. The van der Waals surface area contributed by atoms with Gasteiger partial charge in [0.2, 0.25) is 11.8 Å². The predicted molar refractivity (Wildman–Crippen MR) is 122 cm³/mol. The number of likely N-dealkylation sites (tertiary alicyclic amines) is 1. The first-order chi connectivity index (χ1) is 15.5. The summed E-state index contributed by atoms with van der Waals surface area (Å²) in [6, 6.07) is 17.5. The molecule has 2 aromatic carbocycles. The fraction of sp³-hybridized carbons (Fsp3) is 0.400. The summed E-state index contributed by atoms with van der Waals surface area (Å²) in [7, 11) is 0. The molecule has 166 valence electrons. The lowest BCUT2D eigenvalue weighted by Gasteiger charge is -2.48. The van der Waals surface area contributed by atoms with Crippen molar-refractivity contribution in [2.24, 2.45) is 0 Å². The monoisotopic (exact) mass is 432 g/mol. The van der Waals surface area contributed by atoms with E-state index in [1.807, 2.05) is 60.4 Å². The molecule has 3 aliphatic rings. The third kappa shape index (κ3) is 3.42. The molecule has 1 N–H and O–H groups in total. The second kappa shape index (κ2) is 7.97. The van der Waals surface area contributed by atoms with Crippen molar-refractivity contribution in [2.75, 3.05) is 29.9 Å². The highest BCUT2D eigenvalue weighted by Crippen LogP contribution is 2.44. The van der Waals surface area contributed by atoms with Gasteiger partial charge >= 0.3 is 0 Å². The topological polar surface area (TPSA) is 73.0 Å². The van der Waals surface area contributed by atoms with E-state index < -0.39 is 5.66 Å². The minimum Gasteiger partial charge on any atom is -0.380 e. The molecule has 2 unspecified atom stereocenters. The molecule has 32 heavy (non-hydrogen) atoms. The number of amides is 3. The molecule has 0 spiro atoms. The fourth-order valence-electron chi connectivity index (χ4n) is 5.28. The molecule has 7 nitrogen and oxygen atoms in total. The maximum atomic E-state index is 13.3. The van der Waals surface area contributed by atoms with Crippen molar-refractivity contribution < 1.29 is 14.4 Å². The number of hydrogen-bond acceptors (Lipinski definition) is 4. The average molecular weight is 433 g/mol. The Labute approximate surface area is 188 Å². The van der Waals surface area contributed by atoms with Crippen molar-refractivity contribution in [3.63, 3.8) is 0 Å². The van der Waals surface area contributed by atoms with Gasteiger partial charge in [-0.1, -0.05) is 30.3 Å². The molecule has 3 heterocycles. The molecule has 0 aliphatic carbocycles. The highest BCUT2D eigenvalue weighted by molar-refractivity contribution is 6.10. The zero-order valence-corrected chi connectivity index (χ0v) is 18.3. The molecule has 0 bridgehead atoms. The first-order valence-electron chi connectivity index (χ1n) is 11.3. The van der Waals surface area contributed by atoms with Gasteiger partial charge in [0.25, 0.3) is 5.91 Å². The van der Waals surface area contributed by atoms with Crippen molar-refractivity contribution >= 4 is 29.1 Å². The zero-order chi connectivity index (χ0) is 22.3. The molecule has 3 amide bonds. The summed E-state index contributed by atoms with van der Waals surface area (Å²) in [5, 5.41) is 3.49. The smallest absolute Gasteiger partial charge is 0.257 e. The second-order valence-electron chi connectivity index (χ2n) is 9.01. The van der Waals surface area contributed by atoms with Gasteiger partial charge in [0.1, 0.15) is 5.66 Å². The first kappa shape index (κ1) is 20.5. The number of para-hydroxylation sites is 2. The second-order valence-corrected chi connectivity index (χ2v) is 9.01. The lowest BCUT2D eigenvalue weighted by atomic mass is 9.98. The van der Waals surface area contributed by atoms with Gasteiger partial charge in [0.15, 0.2) is 0 Å². The van der Waals surface area contributed by atoms with Gasteiger partial charge in [-0.05, 0) is 44.0 Å². The van der Waals surface area contributed by atoms with Crippen LogP contribution in [-0.4, -0.2) is 58.9 Å². The maximum Gasteiger partial charge on any atom is 0.257 e. The average Bonchev–Trinajstić information content (AvgIpc) is 3.39. The Morgan fingerprint density at radius 2 is 1.84 bits per heavy atom. The number of rotatable bonds is 5. The van der Waals surface area contributed by atoms with E-state index in [2.05, 4.69) is 5.32 Å². The summed E-state index contributed by atoms with van der Waals surface area (Å²) >= 11 is 0. The number of nitrogens with one attached hydrogen (secondary N) is 1. The molecular formula is C25H28N4O3. The van der Waals surface area contributed by atoms with Crippen LogP contribution in [0, 0.1) is 0 Å². The Bertz CT molecular complexity index is 1060. The molecule has 5 rings (SSSR count). The minimum absolute atomic E-state index is 0.0261. The van der Waals surface area contributed by atoms with Crippen LogP contribution in [0.2, 0.25) is 0 Å². The van der Waals surface area contributed by atoms with E-state index in [4.69, 9.17) is 0 Å². The van der Waals surface area contributed by atoms with Crippen molar-refractivity contribution in [1.82, 2.24) is 9.80 Å². The van der Waals surface area contributed by atoms with E-state index in [-0.39, 0.29) is 30.2 Å². The number of nitrogens with zero attached hydrogens (tertiary/aromatic N) is 3. The van der Waals surface area contributed by atoms with Crippen LogP contribution in [0.5, 0.6) is 0 Å². The molecule has 2 saturated heterocycles. The molecule has 7 heteroatoms. The Morgan fingerprint density at radius 3 is 2.66 bits per heavy atom. The van der Waals surface area contributed by atoms with E-state index in [1.165, 1.54) is 0 Å². The molecule has 0 aromatic heterocycles. The van der Waals surface area contributed by atoms with Gasteiger partial charge < -0.3 is 15.1 Å². The lowest BCUT2D eigenvalue weighted by molar-refractivity contribution is -0.130. The van der Waals surface area contributed by atoms with Crippen LogP contribution in [0.4, 0.5) is 11.4 Å². The van der Waals surface area contributed by atoms with Crippen molar-refractivity contribution in [1.29, 1.82) is 0 Å². The summed E-state index contributed by atoms with van der Waals surface area (Å²) < 4.78 is 0. The molecule has 2 fully saturated rings. The van der Waals surface area contributed by atoms with Crippen molar-refractivity contribution in [3.05, 3.63) is 60.2 Å². The molecule has 0 radical (unpaired) electrons. The molecule has 0 saturated carbocycles. The van der Waals surface area contributed by atoms with E-state index in [9.17, 15) is 14.4 Å². The number of carbonyl (C=O) groups is 3. The van der Waals surface area contributed by atoms with Crippen molar-refractivity contribution in [3.8, 4) is 0 Å². The molecule has 3 aliphatic heterocycles. The number of benzene rings is 2. The van der Waals surface area contributed by atoms with Gasteiger partial charge in [-0.15, -0.1) is 0 Å². The first-order valence-corrected chi connectivity index (χ1v) is 11.3. The summed E-state index contributed by atoms with van der Waals surface area (Å²) in [5.41, 5.74) is 1.55. The van der Waals surface area contributed by atoms with Crippen LogP contribution in [0.25, 0.3) is 0 Å². The molecule has 2 aromatic rings. The lowest BCUT2D eigenvalue weighted by Crippen LogP contribution is -2.62. The van der Waals surface area contributed by atoms with Crippen molar-refractivity contribution in [2.45, 2.75) is 44.3 Å². The van der Waals surface area contributed by atoms with Gasteiger partial charge in [-0.3, -0.25) is 19.3 Å². The highest BCUT2D eigenvalue weighted by Gasteiger charge is 2.52. The predicted octanol–water partition coefficient (Wildman–Crippen LogP) is 3.09. The Hall–Kier alpha value is -3.35. The summed E-state index contributed by atoms with van der Waals surface area (Å²) in [4.78, 5) is 44.3. The Balaban J connectivity index is 1.26. The molecule has 2 atom stereocenters. The Kier molecular flexibility index (Phi) is 5.12. The van der Waals surface area contributed by atoms with Crippen LogP contribution < -0.4 is 10.2 Å². The quantitative estimate of drug-likeness (QED) is 0.788. The minimum atomic E-state index is -0.717. The van der Waals surface area contributed by atoms with E-state index in [1.54, 1.807) is 15.9 Å². The van der Waals surface area contributed by atoms with Crippen LogP contribution >= 0.6 is 0 Å². The van der Waals surface area contributed by atoms with E-state index in [0.717, 1.165) is 12.1 Å². The van der Waals surface area contributed by atoms with E-state index in [0.29, 0.717) is 43.7 Å². The number of carbonyl (C=O) groups excluding carboxylic acids is 3. The van der Waals surface area contributed by atoms with Gasteiger partial charge in [-0.2, -0.15) is 0 Å². The number of hydrogen-bond donors (Lipinski definition) is 1. The van der Waals surface area contributed by atoms with Gasteiger partial charge in [-0.25, -0.2) is 0 Å². The molecular weight excluding hydrogens is 404 g/mol. The van der Waals surface area contributed by atoms with Crippen LogP contribution in [-0.2, 0) is 9.59 Å². The highest BCUT2D eigenvalue weighted by atomic mass is 16.2. The third-order valence-electron chi connectivity index (χ3n) is 6.98. The summed E-state index contributed by atoms with van der Waals surface area (Å²) in [6.07, 6.45) is 2.13. The van der Waals surface area contributed by atoms with Gasteiger partial charge in [0, 0.05) is 44.2 Å². The van der Waals surface area contributed by atoms with Crippen LogP contribution in [0.15, 0.2) is 54.6 Å². The van der Waals surface area contributed by atoms with Gasteiger partial charge in [0.05, 0.1) is 11.3 Å². The third-order valence-corrected chi connectivity index (χ3v) is 6.98. The zero-order valence-electron chi connectivity index (χ0n) is 18.3. The summed E-state index contributed by atoms with van der Waals surface area (Å²) in [6.45, 7) is 3.61. The number of anilines is 2. The number of fused-ring (bicyclic) bond motifs is 3. The standard InChI is InChI=1S/C25H28N4O3/c1-25-14-11-23(31)29(25)21-10-6-5-9-20(21)24(32)28(25)16-13-22(30)27-15-12-19(17-27)26-18-7-3-2-4-8-18/h2-10,19,26H,11-17H2,1H3. The van der Waals surface area contributed by atoms with Crippen LogP contribution in [0.1, 0.15) is 43.0 Å².